The van der Waals surface area contributed by atoms with Crippen LogP contribution in [0.2, 0.25) is 10.0 Å². The number of hydrogen-bond donors (Lipinski definition) is 0. The minimum absolute atomic E-state index is 0.0599. The second-order valence-corrected chi connectivity index (χ2v) is 9.32. The number of Topliss-reactive ketones (excluding diaryl/α,β-unsaturated/α-hetero) is 1. The van der Waals surface area contributed by atoms with Crippen molar-refractivity contribution >= 4 is 44.5 Å². The molecule has 1 aliphatic carbocycles. The van der Waals surface area contributed by atoms with E-state index in [0.717, 1.165) is 24.1 Å². The van der Waals surface area contributed by atoms with Gasteiger partial charge in [0.25, 0.3) is 0 Å². The van der Waals surface area contributed by atoms with Gasteiger partial charge in [-0.15, -0.1) is 0 Å². The predicted molar refractivity (Wildman–Crippen MR) is 94.4 cm³/mol. The van der Waals surface area contributed by atoms with Crippen molar-refractivity contribution in [3.8, 4) is 0 Å². The summed E-state index contributed by atoms with van der Waals surface area (Å²) < 4.78 is 25.2. The van der Waals surface area contributed by atoms with Crippen molar-refractivity contribution in [2.45, 2.75) is 31.6 Å². The highest BCUT2D eigenvalue weighted by atomic mass is 35.5. The number of ketones is 1. The Labute approximate surface area is 150 Å². The topological polar surface area (TPSA) is 63.6 Å². The lowest BCUT2D eigenvalue weighted by Crippen LogP contribution is -2.37. The molecular formula is C17H15Cl2NO3S. The summed E-state index contributed by atoms with van der Waals surface area (Å²) in [5.41, 5.74) is 2.15. The van der Waals surface area contributed by atoms with Gasteiger partial charge >= 0.3 is 0 Å². The summed E-state index contributed by atoms with van der Waals surface area (Å²) in [5, 5.41) is 0.766. The van der Waals surface area contributed by atoms with Crippen LogP contribution in [0.4, 0.5) is 0 Å². The summed E-state index contributed by atoms with van der Waals surface area (Å²) in [4.78, 5) is 17.5. The highest BCUT2D eigenvalue weighted by Gasteiger charge is 2.47. The molecule has 2 aliphatic heterocycles. The highest BCUT2D eigenvalue weighted by Crippen LogP contribution is 2.48. The fourth-order valence-corrected chi connectivity index (χ4v) is 6.10. The van der Waals surface area contributed by atoms with E-state index in [1.807, 2.05) is 0 Å². The van der Waals surface area contributed by atoms with Crippen LogP contribution in [-0.2, 0) is 14.6 Å². The van der Waals surface area contributed by atoms with Gasteiger partial charge in [0.15, 0.2) is 9.84 Å². The van der Waals surface area contributed by atoms with Gasteiger partial charge < -0.3 is 0 Å². The molecule has 3 aliphatic rings. The van der Waals surface area contributed by atoms with E-state index >= 15 is 0 Å². The Morgan fingerprint density at radius 1 is 1.04 bits per heavy atom. The van der Waals surface area contributed by atoms with Crippen LogP contribution in [0.25, 0.3) is 0 Å². The summed E-state index contributed by atoms with van der Waals surface area (Å²) in [5.74, 6) is -0.900. The molecule has 2 unspecified atom stereocenters. The van der Waals surface area contributed by atoms with Crippen LogP contribution >= 0.6 is 23.2 Å². The fourth-order valence-electron chi connectivity index (χ4n) is 3.95. The fraction of sp³-hybridized carbons (Fsp3) is 0.412. The van der Waals surface area contributed by atoms with E-state index in [1.54, 1.807) is 18.2 Å². The molecule has 4 rings (SSSR count). The molecule has 0 aromatic heterocycles. The molecule has 7 heteroatoms. The molecule has 0 saturated heterocycles. The van der Waals surface area contributed by atoms with E-state index in [-0.39, 0.29) is 11.5 Å². The summed E-state index contributed by atoms with van der Waals surface area (Å²) in [6.45, 7) is 0. The highest BCUT2D eigenvalue weighted by molar-refractivity contribution is 7.95. The second-order valence-electron chi connectivity index (χ2n) is 6.43. The first-order valence-corrected chi connectivity index (χ1v) is 10.3. The number of hydrogen-bond acceptors (Lipinski definition) is 4. The van der Waals surface area contributed by atoms with E-state index in [4.69, 9.17) is 23.2 Å². The van der Waals surface area contributed by atoms with Gasteiger partial charge in [-0.05, 0) is 30.5 Å². The molecule has 1 fully saturated rings. The van der Waals surface area contributed by atoms with Gasteiger partial charge in [-0.3, -0.25) is 9.79 Å². The van der Waals surface area contributed by atoms with Gasteiger partial charge in [0.05, 0.1) is 32.3 Å². The van der Waals surface area contributed by atoms with Gasteiger partial charge in [-0.25, -0.2) is 8.42 Å². The number of rotatable bonds is 1. The molecule has 126 valence electrons. The van der Waals surface area contributed by atoms with Gasteiger partial charge in [0, 0.05) is 24.5 Å². The maximum absolute atomic E-state index is 12.6. The molecule has 1 aromatic carbocycles. The van der Waals surface area contributed by atoms with Crippen molar-refractivity contribution in [2.75, 3.05) is 5.75 Å². The summed E-state index contributed by atoms with van der Waals surface area (Å²) in [6.07, 6.45) is 2.40. The van der Waals surface area contributed by atoms with Gasteiger partial charge in [0.2, 0.25) is 0 Å². The number of sulfone groups is 1. The van der Waals surface area contributed by atoms with Crippen molar-refractivity contribution in [1.82, 2.24) is 0 Å². The maximum Gasteiger partial charge on any atom is 0.177 e. The lowest BCUT2D eigenvalue weighted by molar-refractivity contribution is -0.121. The molecule has 0 amide bonds. The van der Waals surface area contributed by atoms with Gasteiger partial charge in [0.1, 0.15) is 5.78 Å². The third-order valence-corrected chi connectivity index (χ3v) is 7.63. The molecule has 0 bridgehead atoms. The Kier molecular flexibility index (Phi) is 3.86. The number of benzene rings is 1. The first kappa shape index (κ1) is 16.3. The van der Waals surface area contributed by atoms with Crippen LogP contribution < -0.4 is 0 Å². The monoisotopic (exact) mass is 383 g/mol. The van der Waals surface area contributed by atoms with Crippen LogP contribution in [0.1, 0.15) is 37.2 Å². The molecular weight excluding hydrogens is 369 g/mol. The molecule has 0 radical (unpaired) electrons. The number of carbonyl (C=O) groups is 1. The zero-order valence-corrected chi connectivity index (χ0v) is 15.1. The lowest BCUT2D eigenvalue weighted by Gasteiger charge is -2.34. The minimum atomic E-state index is -3.40. The second kappa shape index (κ2) is 5.68. The first-order chi connectivity index (χ1) is 11.4. The quantitative estimate of drug-likeness (QED) is 0.737. The molecule has 0 N–H and O–H groups in total. The van der Waals surface area contributed by atoms with Crippen molar-refractivity contribution in [1.29, 1.82) is 0 Å². The largest absolute Gasteiger partial charge is 0.299 e. The SMILES string of the molecule is O=C1CCCC2=NC3=C(C(c4ccc(Cl)c(Cl)c4)C12)S(=O)(=O)CC3. The molecule has 2 atom stereocenters. The van der Waals surface area contributed by atoms with Crippen molar-refractivity contribution in [3.63, 3.8) is 0 Å². The predicted octanol–water partition coefficient (Wildman–Crippen LogP) is 3.93. The smallest absolute Gasteiger partial charge is 0.177 e. The Morgan fingerprint density at radius 3 is 2.58 bits per heavy atom. The van der Waals surface area contributed by atoms with E-state index in [1.165, 1.54) is 0 Å². The minimum Gasteiger partial charge on any atom is -0.299 e. The van der Waals surface area contributed by atoms with Crippen molar-refractivity contribution in [3.05, 3.63) is 44.4 Å². The molecule has 2 heterocycles. The molecule has 24 heavy (non-hydrogen) atoms. The summed E-state index contributed by atoms with van der Waals surface area (Å²) in [6, 6.07) is 5.10. The van der Waals surface area contributed by atoms with Gasteiger partial charge in [-0.1, -0.05) is 29.3 Å². The van der Waals surface area contributed by atoms with E-state index < -0.39 is 21.7 Å². The zero-order valence-electron chi connectivity index (χ0n) is 12.8. The number of allylic oxidation sites excluding steroid dienone is 2. The Bertz CT molecular complexity index is 918. The third-order valence-electron chi connectivity index (χ3n) is 4.99. The summed E-state index contributed by atoms with van der Waals surface area (Å²) >= 11 is 12.1. The molecule has 1 aromatic rings. The molecule has 0 spiro atoms. The lowest BCUT2D eigenvalue weighted by atomic mass is 9.72. The van der Waals surface area contributed by atoms with Crippen LogP contribution in [0, 0.1) is 5.92 Å². The number of fused-ring (bicyclic) bond motifs is 1. The van der Waals surface area contributed by atoms with Crippen LogP contribution in [-0.4, -0.2) is 25.7 Å². The Balaban J connectivity index is 1.94. The third kappa shape index (κ3) is 2.45. The average molecular weight is 384 g/mol. The maximum atomic E-state index is 12.6. The molecule has 4 nitrogen and oxygen atoms in total. The van der Waals surface area contributed by atoms with Crippen LogP contribution in [0.15, 0.2) is 33.8 Å². The number of halogens is 2. The van der Waals surface area contributed by atoms with E-state index in [9.17, 15) is 13.2 Å². The Hall–Kier alpha value is -1.17. The van der Waals surface area contributed by atoms with Crippen molar-refractivity contribution in [2.24, 2.45) is 10.9 Å². The average Bonchev–Trinajstić information content (AvgIpc) is 2.84. The summed E-state index contributed by atoms with van der Waals surface area (Å²) in [7, 11) is -3.40. The van der Waals surface area contributed by atoms with Crippen molar-refractivity contribution < 1.29 is 13.2 Å². The van der Waals surface area contributed by atoms with E-state index in [2.05, 4.69) is 4.99 Å². The van der Waals surface area contributed by atoms with Crippen LogP contribution in [0.3, 0.4) is 0 Å². The first-order valence-electron chi connectivity index (χ1n) is 7.89. The number of carbonyl (C=O) groups excluding carboxylic acids is 1. The number of nitrogens with zero attached hydrogens (tertiary/aromatic N) is 1. The number of aliphatic imine (C=N–C) groups is 1. The standard InChI is InChI=1S/C17H15Cl2NO3S/c18-10-5-4-9(8-11(10)19)15-16-12(2-1-3-14(16)21)20-13-6-7-24(22,23)17(13)15/h4-5,8,15-16H,1-3,6-7H2. The van der Waals surface area contributed by atoms with Gasteiger partial charge in [-0.2, -0.15) is 0 Å². The molecule has 1 saturated carbocycles. The zero-order chi connectivity index (χ0) is 17.1. The van der Waals surface area contributed by atoms with E-state index in [0.29, 0.717) is 33.5 Å². The van der Waals surface area contributed by atoms with Crippen LogP contribution in [0.5, 0.6) is 0 Å². The Morgan fingerprint density at radius 2 is 1.83 bits per heavy atom. The normalized spacial score (nSPS) is 28.4.